The van der Waals surface area contributed by atoms with Crippen molar-refractivity contribution in [3.05, 3.63) is 30.3 Å². The van der Waals surface area contributed by atoms with E-state index in [1.165, 1.54) is 0 Å². The van der Waals surface area contributed by atoms with Gasteiger partial charge >= 0.3 is 0 Å². The van der Waals surface area contributed by atoms with E-state index in [1.54, 1.807) is 5.01 Å². The fourth-order valence-corrected chi connectivity index (χ4v) is 1.91. The summed E-state index contributed by atoms with van der Waals surface area (Å²) in [4.78, 5) is 11.6. The molecular formula is C13H19BrN2O. The zero-order valence-corrected chi connectivity index (χ0v) is 11.7. The van der Waals surface area contributed by atoms with Crippen molar-refractivity contribution in [3.63, 3.8) is 0 Å². The van der Waals surface area contributed by atoms with Crippen molar-refractivity contribution in [1.29, 1.82) is 0 Å². The molecule has 1 aromatic rings. The molecule has 1 aromatic carbocycles. The van der Waals surface area contributed by atoms with Crippen molar-refractivity contribution < 1.29 is 4.79 Å². The van der Waals surface area contributed by atoms with Gasteiger partial charge in [0.15, 0.2) is 0 Å². The fraction of sp³-hybridized carbons (Fsp3) is 0.462. The third-order valence-corrected chi connectivity index (χ3v) is 3.03. The maximum absolute atomic E-state index is 11.6. The van der Waals surface area contributed by atoms with E-state index in [0.29, 0.717) is 6.42 Å². The zero-order chi connectivity index (χ0) is 12.5. The van der Waals surface area contributed by atoms with E-state index in [-0.39, 0.29) is 5.91 Å². The summed E-state index contributed by atoms with van der Waals surface area (Å²) in [5.74, 6) is 0.0749. The summed E-state index contributed by atoms with van der Waals surface area (Å²) in [6.45, 7) is 0. The van der Waals surface area contributed by atoms with Gasteiger partial charge in [0, 0.05) is 18.8 Å². The van der Waals surface area contributed by atoms with Crippen LogP contribution in [0, 0.1) is 0 Å². The second-order valence-corrected chi connectivity index (χ2v) is 4.72. The number of benzene rings is 1. The standard InChI is InChI=1S/C13H19BrN2O/c1-16(12-8-4-2-5-9-12)15-13(17)10-6-3-7-11-14/h2,4-5,8-9H,3,6-7,10-11H2,1H3,(H,15,17). The van der Waals surface area contributed by atoms with Crippen molar-refractivity contribution in [2.45, 2.75) is 25.7 Å². The number of para-hydroxylation sites is 1. The van der Waals surface area contributed by atoms with Gasteiger partial charge in [-0.3, -0.25) is 15.2 Å². The maximum Gasteiger partial charge on any atom is 0.238 e. The van der Waals surface area contributed by atoms with Crippen LogP contribution < -0.4 is 10.4 Å². The molecule has 0 aliphatic rings. The van der Waals surface area contributed by atoms with Gasteiger partial charge in [0.1, 0.15) is 0 Å². The Balaban J connectivity index is 2.26. The minimum Gasteiger partial charge on any atom is -0.289 e. The molecule has 0 aliphatic carbocycles. The van der Waals surface area contributed by atoms with Gasteiger partial charge in [0.25, 0.3) is 0 Å². The topological polar surface area (TPSA) is 32.3 Å². The Kier molecular flexibility index (Phi) is 6.70. The molecule has 1 N–H and O–H groups in total. The monoisotopic (exact) mass is 298 g/mol. The molecule has 0 spiro atoms. The third-order valence-electron chi connectivity index (χ3n) is 2.47. The van der Waals surface area contributed by atoms with Crippen LogP contribution in [0.4, 0.5) is 5.69 Å². The van der Waals surface area contributed by atoms with Crippen LogP contribution in [-0.2, 0) is 4.79 Å². The van der Waals surface area contributed by atoms with Gasteiger partial charge in [0.2, 0.25) is 5.91 Å². The summed E-state index contributed by atoms with van der Waals surface area (Å²) in [5.41, 5.74) is 3.84. The number of anilines is 1. The molecule has 3 nitrogen and oxygen atoms in total. The van der Waals surface area contributed by atoms with Gasteiger partial charge in [-0.15, -0.1) is 0 Å². The summed E-state index contributed by atoms with van der Waals surface area (Å²) in [6, 6.07) is 9.79. The van der Waals surface area contributed by atoms with Crippen LogP contribution in [-0.4, -0.2) is 18.3 Å². The summed E-state index contributed by atoms with van der Waals surface area (Å²) >= 11 is 3.38. The lowest BCUT2D eigenvalue weighted by Crippen LogP contribution is -2.39. The molecule has 0 atom stereocenters. The summed E-state index contributed by atoms with van der Waals surface area (Å²) in [7, 11) is 1.85. The molecule has 1 amide bonds. The van der Waals surface area contributed by atoms with Gasteiger partial charge in [0.05, 0.1) is 5.69 Å². The minimum absolute atomic E-state index is 0.0749. The number of amides is 1. The number of halogens is 1. The summed E-state index contributed by atoms with van der Waals surface area (Å²) < 4.78 is 0. The number of alkyl halides is 1. The first kappa shape index (κ1) is 14.0. The van der Waals surface area contributed by atoms with Crippen molar-refractivity contribution in [1.82, 2.24) is 5.43 Å². The van der Waals surface area contributed by atoms with Gasteiger partial charge in [-0.25, -0.2) is 0 Å². The van der Waals surface area contributed by atoms with Crippen LogP contribution >= 0.6 is 15.9 Å². The summed E-state index contributed by atoms with van der Waals surface area (Å²) in [5, 5.41) is 2.77. The smallest absolute Gasteiger partial charge is 0.238 e. The van der Waals surface area contributed by atoms with Gasteiger partial charge in [-0.2, -0.15) is 0 Å². The highest BCUT2D eigenvalue weighted by molar-refractivity contribution is 9.09. The average molecular weight is 299 g/mol. The number of hydrogen-bond acceptors (Lipinski definition) is 2. The molecule has 94 valence electrons. The SMILES string of the molecule is CN(NC(=O)CCCCCBr)c1ccccc1. The highest BCUT2D eigenvalue weighted by Gasteiger charge is 2.04. The quantitative estimate of drug-likeness (QED) is 0.477. The average Bonchev–Trinajstić information content (AvgIpc) is 2.36. The molecule has 0 saturated carbocycles. The number of nitrogens with zero attached hydrogens (tertiary/aromatic N) is 1. The second kappa shape index (κ2) is 8.12. The van der Waals surface area contributed by atoms with E-state index in [0.717, 1.165) is 30.3 Å². The van der Waals surface area contributed by atoms with Crippen LogP contribution in [0.3, 0.4) is 0 Å². The molecule has 0 aliphatic heterocycles. The van der Waals surface area contributed by atoms with Crippen molar-refractivity contribution in [2.75, 3.05) is 17.4 Å². The Hall–Kier alpha value is -1.03. The lowest BCUT2D eigenvalue weighted by atomic mass is 10.2. The molecule has 17 heavy (non-hydrogen) atoms. The van der Waals surface area contributed by atoms with E-state index < -0.39 is 0 Å². The van der Waals surface area contributed by atoms with E-state index in [9.17, 15) is 4.79 Å². The van der Waals surface area contributed by atoms with Crippen LogP contribution in [0.2, 0.25) is 0 Å². The molecule has 0 bridgehead atoms. The van der Waals surface area contributed by atoms with Crippen LogP contribution in [0.1, 0.15) is 25.7 Å². The number of nitrogens with one attached hydrogen (secondary N) is 1. The van der Waals surface area contributed by atoms with Crippen molar-refractivity contribution in [3.8, 4) is 0 Å². The Bertz CT molecular complexity index is 329. The molecule has 4 heteroatoms. The predicted molar refractivity (Wildman–Crippen MR) is 75.2 cm³/mol. The normalized spacial score (nSPS) is 10.0. The van der Waals surface area contributed by atoms with Crippen LogP contribution in [0.25, 0.3) is 0 Å². The number of unbranched alkanes of at least 4 members (excludes halogenated alkanes) is 2. The first-order chi connectivity index (χ1) is 8.24. The Labute approximate surface area is 111 Å². The number of carbonyl (C=O) groups excluding carboxylic acids is 1. The molecule has 0 fully saturated rings. The highest BCUT2D eigenvalue weighted by atomic mass is 79.9. The highest BCUT2D eigenvalue weighted by Crippen LogP contribution is 2.09. The largest absolute Gasteiger partial charge is 0.289 e. The first-order valence-electron chi connectivity index (χ1n) is 5.88. The number of hydrazine groups is 1. The maximum atomic E-state index is 11.6. The van der Waals surface area contributed by atoms with Crippen LogP contribution in [0.5, 0.6) is 0 Å². The van der Waals surface area contributed by atoms with E-state index in [2.05, 4.69) is 21.4 Å². The number of carbonyl (C=O) groups is 1. The Morgan fingerprint density at radius 1 is 1.24 bits per heavy atom. The molecule has 0 saturated heterocycles. The van der Waals surface area contributed by atoms with E-state index in [1.807, 2.05) is 37.4 Å². The van der Waals surface area contributed by atoms with E-state index >= 15 is 0 Å². The zero-order valence-electron chi connectivity index (χ0n) is 10.2. The molecule has 0 aromatic heterocycles. The Morgan fingerprint density at radius 2 is 1.94 bits per heavy atom. The third kappa shape index (κ3) is 5.73. The van der Waals surface area contributed by atoms with Gasteiger partial charge in [-0.05, 0) is 25.0 Å². The van der Waals surface area contributed by atoms with E-state index in [4.69, 9.17) is 0 Å². The Morgan fingerprint density at radius 3 is 2.59 bits per heavy atom. The lowest BCUT2D eigenvalue weighted by Gasteiger charge is -2.20. The lowest BCUT2D eigenvalue weighted by molar-refractivity contribution is -0.121. The van der Waals surface area contributed by atoms with Crippen LogP contribution in [0.15, 0.2) is 30.3 Å². The molecule has 0 radical (unpaired) electrons. The predicted octanol–water partition coefficient (Wildman–Crippen LogP) is 3.11. The summed E-state index contributed by atoms with van der Waals surface area (Å²) in [6.07, 6.45) is 3.75. The molecule has 1 rings (SSSR count). The first-order valence-corrected chi connectivity index (χ1v) is 7.00. The van der Waals surface area contributed by atoms with Gasteiger partial charge in [-0.1, -0.05) is 40.5 Å². The molecular weight excluding hydrogens is 280 g/mol. The number of hydrogen-bond donors (Lipinski definition) is 1. The number of rotatable bonds is 7. The van der Waals surface area contributed by atoms with Crippen molar-refractivity contribution in [2.24, 2.45) is 0 Å². The molecule has 0 heterocycles. The van der Waals surface area contributed by atoms with Gasteiger partial charge < -0.3 is 0 Å². The van der Waals surface area contributed by atoms with Crippen molar-refractivity contribution >= 4 is 27.5 Å². The molecule has 0 unspecified atom stereocenters. The fourth-order valence-electron chi connectivity index (χ4n) is 1.52. The second-order valence-electron chi connectivity index (χ2n) is 3.93. The minimum atomic E-state index is 0.0749.